The molecule has 0 bridgehead atoms. The highest BCUT2D eigenvalue weighted by atomic mass is 127. The van der Waals surface area contributed by atoms with Gasteiger partial charge in [0.05, 0.1) is 6.26 Å². The Bertz CT molecular complexity index is 400. The van der Waals surface area contributed by atoms with Crippen molar-refractivity contribution in [2.75, 3.05) is 0 Å². The van der Waals surface area contributed by atoms with E-state index in [9.17, 15) is 0 Å². The van der Waals surface area contributed by atoms with E-state index < -0.39 is 0 Å². The van der Waals surface area contributed by atoms with E-state index in [1.54, 1.807) is 6.26 Å². The summed E-state index contributed by atoms with van der Waals surface area (Å²) in [5, 5.41) is 0. The number of hydrogen-bond acceptors (Lipinski definition) is 1. The molecule has 2 heteroatoms. The molecule has 1 heterocycles. The van der Waals surface area contributed by atoms with Gasteiger partial charge in [-0.2, -0.15) is 0 Å². The van der Waals surface area contributed by atoms with E-state index in [4.69, 9.17) is 4.42 Å². The molecule has 0 fully saturated rings. The second-order valence-electron chi connectivity index (χ2n) is 2.81. The van der Waals surface area contributed by atoms with Gasteiger partial charge in [0.1, 0.15) is 5.76 Å². The predicted molar refractivity (Wildman–Crippen MR) is 61.3 cm³/mol. The molecule has 0 unspecified atom stereocenters. The second kappa shape index (κ2) is 3.54. The zero-order valence-electron chi connectivity index (χ0n) is 6.96. The Morgan fingerprint density at radius 1 is 1.08 bits per heavy atom. The summed E-state index contributed by atoms with van der Waals surface area (Å²) in [7, 11) is 0. The van der Waals surface area contributed by atoms with Gasteiger partial charge in [-0.05, 0) is 46.4 Å². The van der Waals surface area contributed by atoms with Gasteiger partial charge >= 0.3 is 0 Å². The molecule has 0 aliphatic heterocycles. The van der Waals surface area contributed by atoms with Crippen molar-refractivity contribution in [2.24, 2.45) is 0 Å². The standard InChI is InChI=1S/C11H8IO/c1-8-6-10(7-13-8)9-2-4-11(12)5-3-9/h2-7H,1H2. The molecule has 1 aromatic carbocycles. The second-order valence-corrected chi connectivity index (χ2v) is 4.05. The number of halogens is 1. The van der Waals surface area contributed by atoms with Crippen molar-refractivity contribution in [1.82, 2.24) is 0 Å². The van der Waals surface area contributed by atoms with Crippen LogP contribution in [0.15, 0.2) is 41.0 Å². The molecular weight excluding hydrogens is 275 g/mol. The maximum Gasteiger partial charge on any atom is 0.104 e. The van der Waals surface area contributed by atoms with Gasteiger partial charge in [0.2, 0.25) is 0 Å². The van der Waals surface area contributed by atoms with Crippen molar-refractivity contribution >= 4 is 22.6 Å². The highest BCUT2D eigenvalue weighted by molar-refractivity contribution is 14.1. The lowest BCUT2D eigenvalue weighted by Crippen LogP contribution is -1.73. The summed E-state index contributed by atoms with van der Waals surface area (Å²) < 4.78 is 6.37. The van der Waals surface area contributed by atoms with E-state index in [1.807, 2.05) is 6.07 Å². The van der Waals surface area contributed by atoms with Crippen LogP contribution >= 0.6 is 22.6 Å². The highest BCUT2D eigenvalue weighted by Gasteiger charge is 2.00. The van der Waals surface area contributed by atoms with Crippen LogP contribution in [-0.2, 0) is 0 Å². The molecule has 0 saturated carbocycles. The SMILES string of the molecule is [CH2]c1cc(-c2ccc(I)cc2)co1. The van der Waals surface area contributed by atoms with E-state index in [0.29, 0.717) is 5.76 Å². The first-order valence-corrected chi connectivity index (χ1v) is 5.00. The molecule has 0 amide bonds. The minimum atomic E-state index is 0.702. The zero-order chi connectivity index (χ0) is 9.26. The Balaban J connectivity index is 2.41. The van der Waals surface area contributed by atoms with Crippen molar-refractivity contribution in [2.45, 2.75) is 0 Å². The van der Waals surface area contributed by atoms with Crippen molar-refractivity contribution < 1.29 is 4.42 Å². The van der Waals surface area contributed by atoms with Crippen LogP contribution in [0.4, 0.5) is 0 Å². The molecule has 2 aromatic rings. The first-order chi connectivity index (χ1) is 6.25. The summed E-state index contributed by atoms with van der Waals surface area (Å²) in [5.74, 6) is 0.702. The Hall–Kier alpha value is -0.770. The molecule has 65 valence electrons. The molecule has 0 spiro atoms. The summed E-state index contributed by atoms with van der Waals surface area (Å²) in [6.07, 6.45) is 1.73. The number of hydrogen-bond donors (Lipinski definition) is 0. The van der Waals surface area contributed by atoms with Gasteiger partial charge in [-0.15, -0.1) is 0 Å². The first-order valence-electron chi connectivity index (χ1n) is 3.92. The van der Waals surface area contributed by atoms with Crippen LogP contribution < -0.4 is 0 Å². The zero-order valence-corrected chi connectivity index (χ0v) is 9.11. The average Bonchev–Trinajstić information content (AvgIpc) is 2.53. The van der Waals surface area contributed by atoms with Crippen LogP contribution in [0.1, 0.15) is 5.76 Å². The van der Waals surface area contributed by atoms with Crippen LogP contribution in [0.5, 0.6) is 0 Å². The topological polar surface area (TPSA) is 13.1 Å². The Morgan fingerprint density at radius 2 is 1.77 bits per heavy atom. The Labute approximate surface area is 90.9 Å². The van der Waals surface area contributed by atoms with Crippen LogP contribution in [0, 0.1) is 10.5 Å². The fraction of sp³-hybridized carbons (Fsp3) is 0. The van der Waals surface area contributed by atoms with Crippen LogP contribution in [0.25, 0.3) is 11.1 Å². The fourth-order valence-electron chi connectivity index (χ4n) is 1.17. The van der Waals surface area contributed by atoms with Crippen LogP contribution in [0.3, 0.4) is 0 Å². The third-order valence-corrected chi connectivity index (χ3v) is 2.55. The minimum Gasteiger partial charge on any atom is -0.469 e. The Kier molecular flexibility index (Phi) is 2.40. The molecule has 0 aliphatic carbocycles. The van der Waals surface area contributed by atoms with E-state index in [2.05, 4.69) is 53.8 Å². The smallest absolute Gasteiger partial charge is 0.104 e. The molecule has 1 aromatic heterocycles. The molecule has 1 radical (unpaired) electrons. The largest absolute Gasteiger partial charge is 0.469 e. The summed E-state index contributed by atoms with van der Waals surface area (Å²) in [6.45, 7) is 3.72. The maximum absolute atomic E-state index is 5.14. The number of furan rings is 1. The monoisotopic (exact) mass is 283 g/mol. The van der Waals surface area contributed by atoms with Gasteiger partial charge in [-0.3, -0.25) is 0 Å². The third kappa shape index (κ3) is 1.94. The van der Waals surface area contributed by atoms with E-state index in [0.717, 1.165) is 5.56 Å². The number of benzene rings is 1. The van der Waals surface area contributed by atoms with Crippen molar-refractivity contribution in [1.29, 1.82) is 0 Å². The third-order valence-electron chi connectivity index (χ3n) is 1.83. The van der Waals surface area contributed by atoms with Crippen molar-refractivity contribution in [3.05, 3.63) is 52.8 Å². The fourth-order valence-corrected chi connectivity index (χ4v) is 1.53. The highest BCUT2D eigenvalue weighted by Crippen LogP contribution is 2.22. The molecule has 1 nitrogen and oxygen atoms in total. The molecule has 0 saturated heterocycles. The number of rotatable bonds is 1. The molecule has 0 N–H and O–H groups in total. The van der Waals surface area contributed by atoms with Gasteiger partial charge in [-0.1, -0.05) is 12.1 Å². The molecule has 2 rings (SSSR count). The molecule has 13 heavy (non-hydrogen) atoms. The van der Waals surface area contributed by atoms with Crippen molar-refractivity contribution in [3.63, 3.8) is 0 Å². The maximum atomic E-state index is 5.14. The molecule has 0 aliphatic rings. The van der Waals surface area contributed by atoms with Crippen LogP contribution in [0.2, 0.25) is 0 Å². The van der Waals surface area contributed by atoms with Gasteiger partial charge in [0, 0.05) is 16.1 Å². The average molecular weight is 283 g/mol. The lowest BCUT2D eigenvalue weighted by Gasteiger charge is -1.95. The summed E-state index contributed by atoms with van der Waals surface area (Å²) in [4.78, 5) is 0. The predicted octanol–water partition coefficient (Wildman–Crippen LogP) is 3.73. The lowest BCUT2D eigenvalue weighted by molar-refractivity contribution is 0.549. The normalized spacial score (nSPS) is 10.3. The first kappa shape index (κ1) is 8.81. The van der Waals surface area contributed by atoms with E-state index in [1.165, 1.54) is 9.13 Å². The van der Waals surface area contributed by atoms with Gasteiger partial charge in [0.15, 0.2) is 0 Å². The van der Waals surface area contributed by atoms with Gasteiger partial charge in [-0.25, -0.2) is 0 Å². The van der Waals surface area contributed by atoms with Crippen molar-refractivity contribution in [3.8, 4) is 11.1 Å². The minimum absolute atomic E-state index is 0.702. The van der Waals surface area contributed by atoms with Gasteiger partial charge in [0.25, 0.3) is 0 Å². The molecule has 0 atom stereocenters. The molecular formula is C11H8IO. The summed E-state index contributed by atoms with van der Waals surface area (Å²) >= 11 is 2.29. The lowest BCUT2D eigenvalue weighted by atomic mass is 10.1. The quantitative estimate of drug-likeness (QED) is 0.727. The summed E-state index contributed by atoms with van der Waals surface area (Å²) in [6, 6.07) is 10.2. The van der Waals surface area contributed by atoms with E-state index in [-0.39, 0.29) is 0 Å². The van der Waals surface area contributed by atoms with E-state index >= 15 is 0 Å². The van der Waals surface area contributed by atoms with Gasteiger partial charge < -0.3 is 4.42 Å². The summed E-state index contributed by atoms with van der Waals surface area (Å²) in [5.41, 5.74) is 2.25. The Morgan fingerprint density at radius 3 is 2.31 bits per heavy atom. The van der Waals surface area contributed by atoms with Crippen LogP contribution in [-0.4, -0.2) is 0 Å².